The first-order valence-corrected chi connectivity index (χ1v) is 7.04. The molecule has 2 rings (SSSR count). The van der Waals surface area contributed by atoms with E-state index < -0.39 is 12.0 Å². The molecule has 4 nitrogen and oxygen atoms in total. The predicted octanol–water partition coefficient (Wildman–Crippen LogP) is 2.51. The van der Waals surface area contributed by atoms with Crippen molar-refractivity contribution < 1.29 is 13.2 Å². The summed E-state index contributed by atoms with van der Waals surface area (Å²) in [5, 5.41) is 0.317. The van der Waals surface area contributed by atoms with Gasteiger partial charge in [-0.1, -0.05) is 12.8 Å². The molecule has 2 N–H and O–H groups in total. The zero-order chi connectivity index (χ0) is 14.0. The van der Waals surface area contributed by atoms with Gasteiger partial charge in [-0.15, -0.1) is 0 Å². The molecule has 1 fully saturated rings. The summed E-state index contributed by atoms with van der Waals surface area (Å²) in [5.41, 5.74) is 5.74. The molecule has 2 unspecified atom stereocenters. The van der Waals surface area contributed by atoms with Gasteiger partial charge < -0.3 is 10.6 Å². The van der Waals surface area contributed by atoms with E-state index in [1.165, 1.54) is 0 Å². The van der Waals surface area contributed by atoms with Gasteiger partial charge in [-0.05, 0) is 25.3 Å². The molecule has 1 aromatic rings. The minimum absolute atomic E-state index is 0.160. The fourth-order valence-electron chi connectivity index (χ4n) is 2.59. The highest BCUT2D eigenvalue weighted by Gasteiger charge is 2.37. The van der Waals surface area contributed by atoms with E-state index in [0.29, 0.717) is 17.6 Å². The van der Waals surface area contributed by atoms with Crippen molar-refractivity contribution in [2.75, 3.05) is 18.5 Å². The van der Waals surface area contributed by atoms with Crippen molar-refractivity contribution in [3.05, 3.63) is 5.82 Å². The molecule has 0 spiro atoms. The van der Waals surface area contributed by atoms with Crippen molar-refractivity contribution >= 4 is 16.7 Å². The van der Waals surface area contributed by atoms with Gasteiger partial charge in [0.05, 0.1) is 0 Å². The summed E-state index contributed by atoms with van der Waals surface area (Å²) >= 11 is 0.795. The minimum Gasteiger partial charge on any atom is -0.347 e. The lowest BCUT2D eigenvalue weighted by Gasteiger charge is -2.37. The summed E-state index contributed by atoms with van der Waals surface area (Å²) in [4.78, 5) is 5.40. The molecule has 1 aliphatic carbocycles. The Hall–Kier alpha value is -0.890. The average Bonchev–Trinajstić information content (AvgIpc) is 2.87. The van der Waals surface area contributed by atoms with Gasteiger partial charge in [0, 0.05) is 24.6 Å². The topological polar surface area (TPSA) is 55.0 Å². The van der Waals surface area contributed by atoms with Crippen LogP contribution >= 0.6 is 11.5 Å². The Morgan fingerprint density at radius 1 is 1.37 bits per heavy atom. The van der Waals surface area contributed by atoms with E-state index in [1.807, 2.05) is 4.90 Å². The Morgan fingerprint density at radius 2 is 2.05 bits per heavy atom. The largest absolute Gasteiger partial charge is 0.452 e. The molecule has 1 saturated carbocycles. The zero-order valence-corrected chi connectivity index (χ0v) is 11.5. The molecule has 19 heavy (non-hydrogen) atoms. The van der Waals surface area contributed by atoms with Gasteiger partial charge in [-0.3, -0.25) is 0 Å². The lowest BCUT2D eigenvalue weighted by atomic mass is 9.84. The van der Waals surface area contributed by atoms with Crippen molar-refractivity contribution in [2.24, 2.45) is 11.7 Å². The van der Waals surface area contributed by atoms with Crippen molar-refractivity contribution in [1.82, 2.24) is 9.36 Å². The number of hydrogen-bond acceptors (Lipinski definition) is 5. The van der Waals surface area contributed by atoms with E-state index in [1.54, 1.807) is 7.05 Å². The van der Waals surface area contributed by atoms with Crippen molar-refractivity contribution in [3.63, 3.8) is 0 Å². The first-order valence-electron chi connectivity index (χ1n) is 6.27. The smallest absolute Gasteiger partial charge is 0.347 e. The van der Waals surface area contributed by atoms with Crippen molar-refractivity contribution in [1.29, 1.82) is 0 Å². The molecule has 0 aromatic carbocycles. The fraction of sp³-hybridized carbons (Fsp3) is 0.818. The van der Waals surface area contributed by atoms with Crippen LogP contribution in [0.15, 0.2) is 0 Å². The summed E-state index contributed by atoms with van der Waals surface area (Å²) < 4.78 is 40.9. The number of anilines is 1. The minimum atomic E-state index is -4.48. The van der Waals surface area contributed by atoms with Gasteiger partial charge in [0.15, 0.2) is 0 Å². The number of nitrogens with two attached hydrogens (primary N) is 1. The highest BCUT2D eigenvalue weighted by Crippen LogP contribution is 2.34. The lowest BCUT2D eigenvalue weighted by Crippen LogP contribution is -2.43. The van der Waals surface area contributed by atoms with E-state index >= 15 is 0 Å². The Kier molecular flexibility index (Phi) is 4.29. The van der Waals surface area contributed by atoms with Crippen LogP contribution in [-0.4, -0.2) is 29.0 Å². The van der Waals surface area contributed by atoms with E-state index in [4.69, 9.17) is 5.73 Å². The van der Waals surface area contributed by atoms with Crippen LogP contribution in [0.3, 0.4) is 0 Å². The number of rotatable bonds is 3. The van der Waals surface area contributed by atoms with Crippen LogP contribution in [0.4, 0.5) is 18.3 Å². The molecule has 0 amide bonds. The van der Waals surface area contributed by atoms with Crippen LogP contribution in [0.5, 0.6) is 0 Å². The third-order valence-electron chi connectivity index (χ3n) is 3.64. The third kappa shape index (κ3) is 3.17. The van der Waals surface area contributed by atoms with E-state index in [9.17, 15) is 13.2 Å². The van der Waals surface area contributed by atoms with Crippen LogP contribution in [0.1, 0.15) is 31.5 Å². The Morgan fingerprint density at radius 3 is 2.63 bits per heavy atom. The predicted molar refractivity (Wildman–Crippen MR) is 68.1 cm³/mol. The molecule has 1 aromatic heterocycles. The maximum absolute atomic E-state index is 12.5. The first-order chi connectivity index (χ1) is 8.93. The molecule has 0 bridgehead atoms. The van der Waals surface area contributed by atoms with E-state index in [-0.39, 0.29) is 6.04 Å². The van der Waals surface area contributed by atoms with E-state index in [0.717, 1.165) is 37.2 Å². The average molecular weight is 294 g/mol. The standard InChI is InChI=1S/C11H17F3N4S/c1-18(8-5-3-2-4-7(8)6-15)10-16-9(17-19-10)11(12,13)14/h7-8H,2-6,15H2,1H3. The normalized spacial score (nSPS) is 24.5. The van der Waals surface area contributed by atoms with Gasteiger partial charge in [0.25, 0.3) is 0 Å². The Balaban J connectivity index is 2.14. The monoisotopic (exact) mass is 294 g/mol. The summed E-state index contributed by atoms with van der Waals surface area (Å²) in [5.74, 6) is -0.739. The van der Waals surface area contributed by atoms with Crippen LogP contribution in [0.2, 0.25) is 0 Å². The molecule has 1 heterocycles. The molecule has 0 aliphatic heterocycles. The summed E-state index contributed by atoms with van der Waals surface area (Å²) in [6.45, 7) is 0.555. The van der Waals surface area contributed by atoms with Crippen molar-refractivity contribution in [3.8, 4) is 0 Å². The van der Waals surface area contributed by atoms with Gasteiger partial charge in [-0.2, -0.15) is 22.5 Å². The first kappa shape index (κ1) is 14.5. The summed E-state index contributed by atoms with van der Waals surface area (Å²) in [6.07, 6.45) is -0.294. The Bertz CT molecular complexity index is 420. The lowest BCUT2D eigenvalue weighted by molar-refractivity contribution is -0.144. The SMILES string of the molecule is CN(c1nc(C(F)(F)F)ns1)C1CCCCC1CN. The molecule has 2 atom stereocenters. The van der Waals surface area contributed by atoms with Crippen LogP contribution in [0.25, 0.3) is 0 Å². The second-order valence-electron chi connectivity index (χ2n) is 4.86. The summed E-state index contributed by atoms with van der Waals surface area (Å²) in [6, 6.07) is 0.160. The summed E-state index contributed by atoms with van der Waals surface area (Å²) in [7, 11) is 1.78. The number of nitrogens with zero attached hydrogens (tertiary/aromatic N) is 3. The van der Waals surface area contributed by atoms with Gasteiger partial charge in [0.1, 0.15) is 0 Å². The van der Waals surface area contributed by atoms with E-state index in [2.05, 4.69) is 9.36 Å². The molecule has 0 saturated heterocycles. The molecule has 8 heteroatoms. The number of halogens is 3. The Labute approximate surface area is 114 Å². The number of aromatic nitrogens is 2. The molecule has 108 valence electrons. The van der Waals surface area contributed by atoms with Crippen molar-refractivity contribution in [2.45, 2.75) is 37.9 Å². The maximum Gasteiger partial charge on any atom is 0.452 e. The quantitative estimate of drug-likeness (QED) is 0.930. The number of hydrogen-bond donors (Lipinski definition) is 1. The van der Waals surface area contributed by atoms with Gasteiger partial charge >= 0.3 is 6.18 Å². The van der Waals surface area contributed by atoms with Gasteiger partial charge in [0.2, 0.25) is 11.0 Å². The highest BCUT2D eigenvalue weighted by atomic mass is 32.1. The molecular weight excluding hydrogens is 277 g/mol. The van der Waals surface area contributed by atoms with Crippen LogP contribution in [0, 0.1) is 5.92 Å². The third-order valence-corrected chi connectivity index (χ3v) is 4.45. The molecule has 1 aliphatic rings. The number of alkyl halides is 3. The van der Waals surface area contributed by atoms with Crippen LogP contribution in [-0.2, 0) is 6.18 Å². The molecule has 0 radical (unpaired) electrons. The maximum atomic E-state index is 12.5. The second-order valence-corrected chi connectivity index (χ2v) is 5.59. The van der Waals surface area contributed by atoms with Crippen LogP contribution < -0.4 is 10.6 Å². The highest BCUT2D eigenvalue weighted by molar-refractivity contribution is 7.09. The second kappa shape index (κ2) is 5.62. The fourth-order valence-corrected chi connectivity index (χ4v) is 3.29. The zero-order valence-electron chi connectivity index (χ0n) is 10.7. The molecular formula is C11H17F3N4S. The van der Waals surface area contributed by atoms with Gasteiger partial charge in [-0.25, -0.2) is 0 Å².